The van der Waals surface area contributed by atoms with Gasteiger partial charge < -0.3 is 4.90 Å². The fourth-order valence-corrected chi connectivity index (χ4v) is 2.89. The predicted octanol–water partition coefficient (Wildman–Crippen LogP) is 2.47. The minimum Gasteiger partial charge on any atom is -0.341 e. The normalized spacial score (nSPS) is 11.0. The number of carbonyl (C=O) groups excluding carboxylic acids is 1. The van der Waals surface area contributed by atoms with Gasteiger partial charge >= 0.3 is 0 Å². The van der Waals surface area contributed by atoms with Crippen molar-refractivity contribution in [1.29, 1.82) is 0 Å². The number of aromatic nitrogens is 4. The first kappa shape index (κ1) is 17.0. The van der Waals surface area contributed by atoms with Gasteiger partial charge in [0.1, 0.15) is 12.1 Å². The first-order chi connectivity index (χ1) is 12.0. The maximum atomic E-state index is 13.0. The molecule has 3 aromatic rings. The minimum atomic E-state index is -0.278. The largest absolute Gasteiger partial charge is 0.341 e. The summed E-state index contributed by atoms with van der Waals surface area (Å²) >= 11 is 0. The molecule has 25 heavy (non-hydrogen) atoms. The van der Waals surface area contributed by atoms with E-state index in [0.717, 1.165) is 22.5 Å². The van der Waals surface area contributed by atoms with Gasteiger partial charge in [0.15, 0.2) is 0 Å². The number of aryl methyl sites for hydroxylation is 2. The molecule has 0 unspecified atom stereocenters. The lowest BCUT2D eigenvalue weighted by Gasteiger charge is -2.18. The molecule has 2 heterocycles. The number of hydrogen-bond acceptors (Lipinski definition) is 4. The monoisotopic (exact) mass is 341 g/mol. The van der Waals surface area contributed by atoms with E-state index in [1.807, 2.05) is 13.8 Å². The smallest absolute Gasteiger partial charge is 0.252 e. The van der Waals surface area contributed by atoms with E-state index in [2.05, 4.69) is 15.1 Å². The van der Waals surface area contributed by atoms with Crippen LogP contribution in [0.2, 0.25) is 0 Å². The van der Waals surface area contributed by atoms with E-state index < -0.39 is 0 Å². The van der Waals surface area contributed by atoms with Crippen LogP contribution in [0, 0.1) is 19.7 Å². The molecule has 130 valence electrons. The van der Waals surface area contributed by atoms with Gasteiger partial charge in [0.2, 0.25) is 5.91 Å². The van der Waals surface area contributed by atoms with E-state index in [0.29, 0.717) is 25.2 Å². The summed E-state index contributed by atoms with van der Waals surface area (Å²) in [6.07, 6.45) is 2.44. The number of amides is 1. The van der Waals surface area contributed by atoms with Crippen LogP contribution in [-0.4, -0.2) is 37.4 Å². The molecule has 0 saturated carbocycles. The fraction of sp³-hybridized carbons (Fsp3) is 0.333. The van der Waals surface area contributed by atoms with Crippen molar-refractivity contribution in [3.05, 3.63) is 58.9 Å². The van der Waals surface area contributed by atoms with Gasteiger partial charge in [-0.2, -0.15) is 10.1 Å². The average molecular weight is 341 g/mol. The van der Waals surface area contributed by atoms with E-state index in [-0.39, 0.29) is 11.7 Å². The van der Waals surface area contributed by atoms with E-state index in [4.69, 9.17) is 0 Å². The van der Waals surface area contributed by atoms with Crippen molar-refractivity contribution in [2.24, 2.45) is 0 Å². The zero-order valence-corrected chi connectivity index (χ0v) is 14.5. The van der Waals surface area contributed by atoms with Crippen LogP contribution >= 0.6 is 0 Å². The number of hydrogen-bond donors (Lipinski definition) is 0. The summed E-state index contributed by atoms with van der Waals surface area (Å²) in [5.74, 6) is 0.319. The van der Waals surface area contributed by atoms with Crippen molar-refractivity contribution in [3.8, 4) is 0 Å². The standard InChI is InChI=1S/C18H20FN5O/c1-12-16(13(2)24-18(22-12)20-11-21-24)8-9-17(25)23(3)10-14-4-6-15(19)7-5-14/h4-7,11H,8-10H2,1-3H3. The maximum absolute atomic E-state index is 13.0. The van der Waals surface area contributed by atoms with Crippen molar-refractivity contribution in [1.82, 2.24) is 24.5 Å². The first-order valence-corrected chi connectivity index (χ1v) is 8.10. The van der Waals surface area contributed by atoms with E-state index in [1.54, 1.807) is 28.6 Å². The van der Waals surface area contributed by atoms with Crippen LogP contribution in [0.1, 0.15) is 28.9 Å². The zero-order valence-electron chi connectivity index (χ0n) is 14.5. The van der Waals surface area contributed by atoms with E-state index >= 15 is 0 Å². The van der Waals surface area contributed by atoms with Crippen LogP contribution < -0.4 is 0 Å². The van der Waals surface area contributed by atoms with Gasteiger partial charge in [-0.15, -0.1) is 0 Å². The second-order valence-corrected chi connectivity index (χ2v) is 6.11. The lowest BCUT2D eigenvalue weighted by Crippen LogP contribution is -2.26. The van der Waals surface area contributed by atoms with Crippen LogP contribution in [0.3, 0.4) is 0 Å². The third-order valence-corrected chi connectivity index (χ3v) is 4.34. The number of benzene rings is 1. The number of carbonyl (C=O) groups is 1. The molecule has 0 radical (unpaired) electrons. The summed E-state index contributed by atoms with van der Waals surface area (Å²) in [6.45, 7) is 4.33. The average Bonchev–Trinajstić information content (AvgIpc) is 3.05. The highest BCUT2D eigenvalue weighted by Crippen LogP contribution is 2.16. The summed E-state index contributed by atoms with van der Waals surface area (Å²) < 4.78 is 14.6. The molecule has 0 bridgehead atoms. The molecule has 6 nitrogen and oxygen atoms in total. The Morgan fingerprint density at radius 3 is 2.68 bits per heavy atom. The lowest BCUT2D eigenvalue weighted by atomic mass is 10.1. The Hall–Kier alpha value is -2.83. The number of nitrogens with zero attached hydrogens (tertiary/aromatic N) is 5. The molecule has 3 rings (SSSR count). The van der Waals surface area contributed by atoms with Crippen molar-refractivity contribution in [2.75, 3.05) is 7.05 Å². The van der Waals surface area contributed by atoms with Gasteiger partial charge in [0, 0.05) is 31.4 Å². The highest BCUT2D eigenvalue weighted by molar-refractivity contribution is 5.76. The van der Waals surface area contributed by atoms with E-state index in [9.17, 15) is 9.18 Å². The van der Waals surface area contributed by atoms with Crippen molar-refractivity contribution in [3.63, 3.8) is 0 Å². The van der Waals surface area contributed by atoms with Crippen LogP contribution in [-0.2, 0) is 17.8 Å². The Balaban J connectivity index is 1.66. The summed E-state index contributed by atoms with van der Waals surface area (Å²) in [5, 5.41) is 4.16. The molecular formula is C18H20FN5O. The Morgan fingerprint density at radius 1 is 1.24 bits per heavy atom. The fourth-order valence-electron chi connectivity index (χ4n) is 2.89. The topological polar surface area (TPSA) is 63.4 Å². The molecule has 0 spiro atoms. The molecule has 0 aliphatic carbocycles. The molecule has 0 aliphatic heterocycles. The van der Waals surface area contributed by atoms with Gasteiger partial charge in [-0.3, -0.25) is 4.79 Å². The molecule has 0 atom stereocenters. The second kappa shape index (κ2) is 6.96. The van der Waals surface area contributed by atoms with Gasteiger partial charge in [-0.05, 0) is 43.5 Å². The molecule has 0 saturated heterocycles. The number of rotatable bonds is 5. The quantitative estimate of drug-likeness (QED) is 0.715. The summed E-state index contributed by atoms with van der Waals surface area (Å²) in [6, 6.07) is 6.19. The third-order valence-electron chi connectivity index (χ3n) is 4.34. The van der Waals surface area contributed by atoms with Gasteiger partial charge in [-0.1, -0.05) is 12.1 Å². The molecule has 2 aromatic heterocycles. The highest BCUT2D eigenvalue weighted by Gasteiger charge is 2.14. The Kier molecular flexibility index (Phi) is 4.74. The SMILES string of the molecule is Cc1nc2ncnn2c(C)c1CCC(=O)N(C)Cc1ccc(F)cc1. The van der Waals surface area contributed by atoms with Crippen LogP contribution in [0.4, 0.5) is 4.39 Å². The van der Waals surface area contributed by atoms with Crippen LogP contribution in [0.25, 0.3) is 5.78 Å². The number of fused-ring (bicyclic) bond motifs is 1. The Morgan fingerprint density at radius 2 is 1.96 bits per heavy atom. The minimum absolute atomic E-state index is 0.0295. The van der Waals surface area contributed by atoms with E-state index in [1.165, 1.54) is 18.5 Å². The Labute approximate surface area is 145 Å². The zero-order chi connectivity index (χ0) is 18.0. The molecule has 0 N–H and O–H groups in total. The van der Waals surface area contributed by atoms with Crippen molar-refractivity contribution < 1.29 is 9.18 Å². The van der Waals surface area contributed by atoms with Crippen LogP contribution in [0.15, 0.2) is 30.6 Å². The van der Waals surface area contributed by atoms with Crippen LogP contribution in [0.5, 0.6) is 0 Å². The van der Waals surface area contributed by atoms with Crippen molar-refractivity contribution >= 4 is 11.7 Å². The summed E-state index contributed by atoms with van der Waals surface area (Å²) in [7, 11) is 1.75. The molecule has 7 heteroatoms. The van der Waals surface area contributed by atoms with Gasteiger partial charge in [0.05, 0.1) is 0 Å². The second-order valence-electron chi connectivity index (χ2n) is 6.11. The van der Waals surface area contributed by atoms with Gasteiger partial charge in [-0.25, -0.2) is 13.9 Å². The highest BCUT2D eigenvalue weighted by atomic mass is 19.1. The third kappa shape index (κ3) is 3.65. The maximum Gasteiger partial charge on any atom is 0.252 e. The molecule has 1 amide bonds. The predicted molar refractivity (Wildman–Crippen MR) is 91.5 cm³/mol. The first-order valence-electron chi connectivity index (χ1n) is 8.10. The summed E-state index contributed by atoms with van der Waals surface area (Å²) in [5.41, 5.74) is 3.73. The van der Waals surface area contributed by atoms with Gasteiger partial charge in [0.25, 0.3) is 5.78 Å². The number of halogens is 1. The Bertz CT molecular complexity index is 904. The molecule has 0 fully saturated rings. The molecule has 0 aliphatic rings. The lowest BCUT2D eigenvalue weighted by molar-refractivity contribution is -0.130. The van der Waals surface area contributed by atoms with Crippen molar-refractivity contribution in [2.45, 2.75) is 33.2 Å². The molecule has 1 aromatic carbocycles. The summed E-state index contributed by atoms with van der Waals surface area (Å²) in [4.78, 5) is 22.6. The molecular weight excluding hydrogens is 321 g/mol.